The molecule has 0 spiro atoms. The molecule has 1 N–H and O–H groups in total. The Morgan fingerprint density at radius 3 is 2.35 bits per heavy atom. The molecule has 4 rings (SSSR count). The van der Waals surface area contributed by atoms with Crippen LogP contribution in [0.3, 0.4) is 0 Å². The number of carbonyl (C=O) groups is 2. The fourth-order valence-electron chi connectivity index (χ4n) is 3.00. The Labute approximate surface area is 189 Å². The normalized spacial score (nSPS) is 10.5. The van der Waals surface area contributed by atoms with E-state index in [1.807, 2.05) is 41.8 Å². The molecule has 0 saturated carbocycles. The van der Waals surface area contributed by atoms with Gasteiger partial charge in [0.05, 0.1) is 10.6 Å². The molecule has 0 bridgehead atoms. The van der Waals surface area contributed by atoms with Gasteiger partial charge in [0.2, 0.25) is 0 Å². The molecular weight excluding hydrogens is 430 g/mol. The van der Waals surface area contributed by atoms with Crippen molar-refractivity contribution < 1.29 is 14.3 Å². The molecule has 6 heteroatoms. The largest absolute Gasteiger partial charge is 0.489 e. The number of ether oxygens (including phenoxy) is 1. The van der Waals surface area contributed by atoms with Crippen molar-refractivity contribution in [3.63, 3.8) is 0 Å². The number of ketones is 1. The van der Waals surface area contributed by atoms with E-state index < -0.39 is 0 Å². The van der Waals surface area contributed by atoms with Gasteiger partial charge in [-0.3, -0.25) is 9.59 Å². The Kier molecular flexibility index (Phi) is 6.46. The highest BCUT2D eigenvalue weighted by atomic mass is 35.5. The molecule has 0 atom stereocenters. The molecule has 1 aromatic heterocycles. The number of thiophene rings is 1. The third kappa shape index (κ3) is 5.20. The zero-order valence-corrected chi connectivity index (χ0v) is 18.0. The van der Waals surface area contributed by atoms with Gasteiger partial charge < -0.3 is 10.1 Å². The van der Waals surface area contributed by atoms with E-state index in [0.717, 1.165) is 11.3 Å². The third-order valence-electron chi connectivity index (χ3n) is 4.54. The Bertz CT molecular complexity index is 1210. The smallest absolute Gasteiger partial charge is 0.265 e. The van der Waals surface area contributed by atoms with Gasteiger partial charge in [0.25, 0.3) is 5.91 Å². The zero-order chi connectivity index (χ0) is 21.6. The van der Waals surface area contributed by atoms with Gasteiger partial charge in [0.1, 0.15) is 12.4 Å². The summed E-state index contributed by atoms with van der Waals surface area (Å²) in [6.07, 6.45) is 0. The summed E-state index contributed by atoms with van der Waals surface area (Å²) >= 11 is 7.44. The molecule has 0 saturated heterocycles. The number of halogens is 1. The first-order chi connectivity index (χ1) is 15.1. The van der Waals surface area contributed by atoms with Gasteiger partial charge in [-0.05, 0) is 41.8 Å². The number of hydrogen-bond donors (Lipinski definition) is 1. The van der Waals surface area contributed by atoms with Crippen LogP contribution in [0.25, 0.3) is 0 Å². The maximum atomic E-state index is 12.9. The third-order valence-corrected chi connectivity index (χ3v) is 5.75. The Balaban J connectivity index is 1.49. The van der Waals surface area contributed by atoms with Crippen LogP contribution >= 0.6 is 22.9 Å². The lowest BCUT2D eigenvalue weighted by molar-refractivity contribution is 0.103. The van der Waals surface area contributed by atoms with Crippen molar-refractivity contribution in [2.45, 2.75) is 6.61 Å². The van der Waals surface area contributed by atoms with E-state index in [4.69, 9.17) is 16.3 Å². The lowest BCUT2D eigenvalue weighted by atomic mass is 10.0. The van der Waals surface area contributed by atoms with Gasteiger partial charge in [0.15, 0.2) is 5.78 Å². The highest BCUT2D eigenvalue weighted by Crippen LogP contribution is 2.25. The predicted molar refractivity (Wildman–Crippen MR) is 124 cm³/mol. The van der Waals surface area contributed by atoms with E-state index in [0.29, 0.717) is 33.3 Å². The van der Waals surface area contributed by atoms with Crippen LogP contribution in [-0.2, 0) is 6.61 Å². The van der Waals surface area contributed by atoms with Crippen LogP contribution in [0.1, 0.15) is 31.2 Å². The molecular formula is C25H18ClNO3S. The summed E-state index contributed by atoms with van der Waals surface area (Å²) in [5.74, 6) is 0.270. The molecule has 3 aromatic carbocycles. The predicted octanol–water partition coefficient (Wildman–Crippen LogP) is 6.46. The minimum Gasteiger partial charge on any atom is -0.489 e. The molecule has 0 unspecified atom stereocenters. The number of nitrogens with one attached hydrogen (secondary N) is 1. The van der Waals surface area contributed by atoms with Gasteiger partial charge in [-0.2, -0.15) is 0 Å². The zero-order valence-electron chi connectivity index (χ0n) is 16.4. The van der Waals surface area contributed by atoms with Crippen LogP contribution < -0.4 is 10.1 Å². The van der Waals surface area contributed by atoms with Crippen LogP contribution in [0.15, 0.2) is 90.3 Å². The van der Waals surface area contributed by atoms with Crippen LogP contribution in [-0.4, -0.2) is 11.7 Å². The summed E-state index contributed by atoms with van der Waals surface area (Å²) in [4.78, 5) is 26.3. The number of benzene rings is 3. The minimum absolute atomic E-state index is 0.207. The van der Waals surface area contributed by atoms with Crippen LogP contribution in [0.2, 0.25) is 5.02 Å². The molecule has 1 amide bonds. The number of para-hydroxylation sites is 1. The summed E-state index contributed by atoms with van der Waals surface area (Å²) in [5.41, 5.74) is 2.18. The van der Waals surface area contributed by atoms with Crippen molar-refractivity contribution in [1.29, 1.82) is 0 Å². The lowest BCUT2D eigenvalue weighted by Crippen LogP contribution is -2.14. The van der Waals surface area contributed by atoms with E-state index in [-0.39, 0.29) is 11.7 Å². The molecule has 0 aliphatic heterocycles. The highest BCUT2D eigenvalue weighted by Gasteiger charge is 2.17. The summed E-state index contributed by atoms with van der Waals surface area (Å²) in [7, 11) is 0. The van der Waals surface area contributed by atoms with Gasteiger partial charge in [0, 0.05) is 21.7 Å². The lowest BCUT2D eigenvalue weighted by Gasteiger charge is -2.10. The van der Waals surface area contributed by atoms with Crippen molar-refractivity contribution in [2.24, 2.45) is 0 Å². The number of carbonyl (C=O) groups excluding carboxylic acids is 2. The second kappa shape index (κ2) is 9.60. The number of rotatable bonds is 7. The van der Waals surface area contributed by atoms with Crippen molar-refractivity contribution in [3.05, 3.63) is 117 Å². The maximum absolute atomic E-state index is 12.9. The molecule has 0 fully saturated rings. The fraction of sp³-hybridized carbons (Fsp3) is 0.0400. The summed E-state index contributed by atoms with van der Waals surface area (Å²) in [5, 5.41) is 5.15. The molecule has 4 nitrogen and oxygen atoms in total. The van der Waals surface area contributed by atoms with E-state index in [2.05, 4.69) is 5.32 Å². The number of anilines is 1. The van der Waals surface area contributed by atoms with Gasteiger partial charge in [-0.1, -0.05) is 60.1 Å². The first kappa shape index (κ1) is 20.8. The molecule has 0 aliphatic rings. The molecule has 31 heavy (non-hydrogen) atoms. The maximum Gasteiger partial charge on any atom is 0.265 e. The van der Waals surface area contributed by atoms with Crippen LogP contribution in [0, 0.1) is 0 Å². The fourth-order valence-corrected chi connectivity index (χ4v) is 3.96. The summed E-state index contributed by atoms with van der Waals surface area (Å²) in [6, 6.07) is 25.0. The molecule has 0 aliphatic carbocycles. The van der Waals surface area contributed by atoms with E-state index in [1.54, 1.807) is 48.5 Å². The summed E-state index contributed by atoms with van der Waals surface area (Å²) < 4.78 is 5.73. The van der Waals surface area contributed by atoms with Crippen molar-refractivity contribution in [3.8, 4) is 5.75 Å². The second-order valence-electron chi connectivity index (χ2n) is 6.76. The second-order valence-corrected chi connectivity index (χ2v) is 8.11. The Morgan fingerprint density at radius 1 is 0.903 bits per heavy atom. The first-order valence-electron chi connectivity index (χ1n) is 9.56. The summed E-state index contributed by atoms with van der Waals surface area (Å²) in [6.45, 7) is 0.368. The highest BCUT2D eigenvalue weighted by molar-refractivity contribution is 7.12. The minimum atomic E-state index is -0.291. The van der Waals surface area contributed by atoms with Crippen LogP contribution in [0.5, 0.6) is 5.75 Å². The Morgan fingerprint density at radius 2 is 1.61 bits per heavy atom. The average Bonchev–Trinajstić information content (AvgIpc) is 3.29. The molecule has 0 radical (unpaired) electrons. The average molecular weight is 448 g/mol. The van der Waals surface area contributed by atoms with E-state index in [9.17, 15) is 9.59 Å². The monoisotopic (exact) mass is 447 g/mol. The first-order valence-corrected chi connectivity index (χ1v) is 10.8. The van der Waals surface area contributed by atoms with Gasteiger partial charge in [-0.15, -0.1) is 11.3 Å². The number of amides is 1. The topological polar surface area (TPSA) is 55.4 Å². The van der Waals surface area contributed by atoms with Gasteiger partial charge >= 0.3 is 0 Å². The van der Waals surface area contributed by atoms with Crippen molar-refractivity contribution in [1.82, 2.24) is 0 Å². The van der Waals surface area contributed by atoms with Crippen LogP contribution in [0.4, 0.5) is 5.69 Å². The molecule has 4 aromatic rings. The molecule has 1 heterocycles. The van der Waals surface area contributed by atoms with Crippen molar-refractivity contribution in [2.75, 3.05) is 5.32 Å². The SMILES string of the molecule is O=C(Nc1ccc(Cl)cc1C(=O)c1ccccc1)c1cc(COc2ccccc2)cs1. The van der Waals surface area contributed by atoms with Gasteiger partial charge in [-0.25, -0.2) is 0 Å². The van der Waals surface area contributed by atoms with E-state index in [1.165, 1.54) is 11.3 Å². The van der Waals surface area contributed by atoms with E-state index >= 15 is 0 Å². The Hall–Kier alpha value is -3.41. The quantitative estimate of drug-likeness (QED) is 0.330. The molecule has 154 valence electrons. The standard InChI is InChI=1S/C25H18ClNO3S/c26-19-11-12-22(21(14-19)24(28)18-7-3-1-4-8-18)27-25(29)23-13-17(16-31-23)15-30-20-9-5-2-6-10-20/h1-14,16H,15H2,(H,27,29). The van der Waals surface area contributed by atoms with Crippen molar-refractivity contribution >= 4 is 40.3 Å². The number of hydrogen-bond acceptors (Lipinski definition) is 4.